The van der Waals surface area contributed by atoms with Gasteiger partial charge in [-0.05, 0) is 67.0 Å². The fourth-order valence-electron chi connectivity index (χ4n) is 2.39. The van der Waals surface area contributed by atoms with Crippen LogP contribution in [0.15, 0.2) is 41.3 Å². The Morgan fingerprint density at radius 1 is 1.14 bits per heavy atom. The molecule has 0 saturated carbocycles. The van der Waals surface area contributed by atoms with Crippen molar-refractivity contribution in [2.75, 3.05) is 11.6 Å². The van der Waals surface area contributed by atoms with Gasteiger partial charge in [0.05, 0.1) is 0 Å². The summed E-state index contributed by atoms with van der Waals surface area (Å²) < 4.78 is 0. The summed E-state index contributed by atoms with van der Waals surface area (Å²) in [5.41, 5.74) is 5.84. The van der Waals surface area contributed by atoms with E-state index >= 15 is 0 Å². The van der Waals surface area contributed by atoms with Crippen molar-refractivity contribution in [3.05, 3.63) is 58.7 Å². The first kappa shape index (κ1) is 15.6. The van der Waals surface area contributed by atoms with Crippen LogP contribution in [0, 0.1) is 13.8 Å². The minimum Gasteiger partial charge on any atom is -0.326 e. The first-order valence-electron chi connectivity index (χ1n) is 7.00. The van der Waals surface area contributed by atoms with E-state index in [0.717, 1.165) is 17.7 Å². The first-order valence-corrected chi connectivity index (χ1v) is 8.22. The van der Waals surface area contributed by atoms with Crippen molar-refractivity contribution >= 4 is 23.4 Å². The van der Waals surface area contributed by atoms with Gasteiger partial charge in [-0.3, -0.25) is 4.79 Å². The van der Waals surface area contributed by atoms with E-state index in [1.54, 1.807) is 11.8 Å². The van der Waals surface area contributed by atoms with Crippen molar-refractivity contribution in [2.45, 2.75) is 32.1 Å². The molecule has 0 aliphatic carbocycles. The molecule has 2 rings (SSSR count). The molecule has 0 bridgehead atoms. The maximum Gasteiger partial charge on any atom is 0.221 e. The van der Waals surface area contributed by atoms with E-state index in [9.17, 15) is 4.79 Å². The molecular weight excluding hydrogens is 278 g/mol. The van der Waals surface area contributed by atoms with E-state index in [0.29, 0.717) is 0 Å². The van der Waals surface area contributed by atoms with Crippen LogP contribution in [0.2, 0.25) is 0 Å². The Balaban J connectivity index is 2.28. The number of nitrogens with one attached hydrogen (secondary N) is 1. The number of hydrogen-bond donors (Lipinski definition) is 1. The zero-order valence-corrected chi connectivity index (χ0v) is 13.8. The van der Waals surface area contributed by atoms with E-state index in [1.165, 1.54) is 28.5 Å². The van der Waals surface area contributed by atoms with Crippen LogP contribution in [0.4, 0.5) is 5.69 Å². The van der Waals surface area contributed by atoms with E-state index in [1.807, 2.05) is 6.92 Å². The van der Waals surface area contributed by atoms with Crippen molar-refractivity contribution < 1.29 is 4.79 Å². The first-order chi connectivity index (χ1) is 9.99. The summed E-state index contributed by atoms with van der Waals surface area (Å²) in [6.07, 6.45) is 3.01. The summed E-state index contributed by atoms with van der Waals surface area (Å²) in [6, 6.07) is 12.9. The maximum atomic E-state index is 11.2. The molecule has 0 spiro atoms. The summed E-state index contributed by atoms with van der Waals surface area (Å²) in [7, 11) is 0. The van der Waals surface area contributed by atoms with Gasteiger partial charge in [-0.2, -0.15) is 0 Å². The highest BCUT2D eigenvalue weighted by molar-refractivity contribution is 7.98. The summed E-state index contributed by atoms with van der Waals surface area (Å²) >= 11 is 1.76. The van der Waals surface area contributed by atoms with Crippen LogP contribution in [0.3, 0.4) is 0 Å². The topological polar surface area (TPSA) is 29.1 Å². The molecule has 2 aromatic rings. The second-order valence-electron chi connectivity index (χ2n) is 5.30. The molecule has 0 aliphatic rings. The van der Waals surface area contributed by atoms with Gasteiger partial charge in [0.15, 0.2) is 0 Å². The molecule has 0 unspecified atom stereocenters. The largest absolute Gasteiger partial charge is 0.326 e. The van der Waals surface area contributed by atoms with Gasteiger partial charge in [0.2, 0.25) is 5.91 Å². The number of thioether (sulfide) groups is 1. The summed E-state index contributed by atoms with van der Waals surface area (Å²) in [5.74, 6) is -0.0297. The fraction of sp³-hybridized carbons (Fsp3) is 0.278. The average Bonchev–Trinajstić information content (AvgIpc) is 2.44. The molecule has 0 fully saturated rings. The minimum atomic E-state index is -0.0297. The summed E-state index contributed by atoms with van der Waals surface area (Å²) in [6.45, 7) is 5.67. The molecule has 21 heavy (non-hydrogen) atoms. The molecule has 2 aromatic carbocycles. The average molecular weight is 299 g/mol. The fourth-order valence-corrected chi connectivity index (χ4v) is 2.88. The van der Waals surface area contributed by atoms with Crippen LogP contribution in [-0.4, -0.2) is 12.2 Å². The number of carbonyl (C=O) groups is 1. The van der Waals surface area contributed by atoms with Gasteiger partial charge < -0.3 is 5.32 Å². The van der Waals surface area contributed by atoms with Crippen molar-refractivity contribution in [3.8, 4) is 0 Å². The third kappa shape index (κ3) is 4.11. The van der Waals surface area contributed by atoms with E-state index in [2.05, 4.69) is 54.9 Å². The second kappa shape index (κ2) is 6.81. The number of anilines is 1. The highest BCUT2D eigenvalue weighted by Gasteiger charge is 2.07. The number of benzene rings is 2. The lowest BCUT2D eigenvalue weighted by Gasteiger charge is -2.13. The van der Waals surface area contributed by atoms with Crippen molar-refractivity contribution in [3.63, 3.8) is 0 Å². The Hall–Kier alpha value is -1.74. The number of hydrogen-bond acceptors (Lipinski definition) is 2. The van der Waals surface area contributed by atoms with Gasteiger partial charge in [0, 0.05) is 17.5 Å². The second-order valence-corrected chi connectivity index (χ2v) is 6.18. The SMILES string of the molecule is CSc1cccc(Cc2cc(C)c(NC(C)=O)cc2C)c1. The predicted octanol–water partition coefficient (Wildman–Crippen LogP) is 4.57. The Morgan fingerprint density at radius 2 is 1.90 bits per heavy atom. The molecule has 110 valence electrons. The van der Waals surface area contributed by atoms with Crippen molar-refractivity contribution in [1.29, 1.82) is 0 Å². The zero-order chi connectivity index (χ0) is 15.4. The molecule has 1 N–H and O–H groups in total. The Morgan fingerprint density at radius 3 is 2.57 bits per heavy atom. The lowest BCUT2D eigenvalue weighted by atomic mass is 9.97. The predicted molar refractivity (Wildman–Crippen MR) is 91.2 cm³/mol. The molecule has 0 aromatic heterocycles. The van der Waals surface area contributed by atoms with Crippen LogP contribution in [0.25, 0.3) is 0 Å². The molecule has 2 nitrogen and oxygen atoms in total. The van der Waals surface area contributed by atoms with Gasteiger partial charge in [-0.15, -0.1) is 11.8 Å². The molecule has 0 saturated heterocycles. The van der Waals surface area contributed by atoms with E-state index in [-0.39, 0.29) is 5.91 Å². The number of amides is 1. The van der Waals surface area contributed by atoms with Gasteiger partial charge in [0.1, 0.15) is 0 Å². The lowest BCUT2D eigenvalue weighted by Crippen LogP contribution is -2.08. The standard InChI is InChI=1S/C18H21NOS/c1-12-9-18(19-14(3)20)13(2)8-16(12)10-15-6-5-7-17(11-15)21-4/h5-9,11H,10H2,1-4H3,(H,19,20). The smallest absolute Gasteiger partial charge is 0.221 e. The molecule has 0 aliphatic heterocycles. The highest BCUT2D eigenvalue weighted by Crippen LogP contribution is 2.24. The van der Waals surface area contributed by atoms with Crippen LogP contribution in [0.5, 0.6) is 0 Å². The van der Waals surface area contributed by atoms with Gasteiger partial charge in [-0.1, -0.05) is 18.2 Å². The van der Waals surface area contributed by atoms with E-state index < -0.39 is 0 Å². The Bertz CT molecular complexity index is 664. The third-order valence-corrected chi connectivity index (χ3v) is 4.25. The monoisotopic (exact) mass is 299 g/mol. The van der Waals surface area contributed by atoms with Crippen LogP contribution < -0.4 is 5.32 Å². The van der Waals surface area contributed by atoms with Gasteiger partial charge in [0.25, 0.3) is 0 Å². The normalized spacial score (nSPS) is 10.5. The minimum absolute atomic E-state index is 0.0297. The Kier molecular flexibility index (Phi) is 5.07. The lowest BCUT2D eigenvalue weighted by molar-refractivity contribution is -0.114. The molecular formula is C18H21NOS. The van der Waals surface area contributed by atoms with Crippen LogP contribution in [0.1, 0.15) is 29.2 Å². The maximum absolute atomic E-state index is 11.2. The zero-order valence-electron chi connectivity index (χ0n) is 13.0. The third-order valence-electron chi connectivity index (χ3n) is 3.52. The van der Waals surface area contributed by atoms with Crippen LogP contribution >= 0.6 is 11.8 Å². The van der Waals surface area contributed by atoms with Crippen molar-refractivity contribution in [1.82, 2.24) is 0 Å². The number of carbonyl (C=O) groups excluding carboxylic acids is 1. The van der Waals surface area contributed by atoms with Gasteiger partial charge >= 0.3 is 0 Å². The molecule has 0 radical (unpaired) electrons. The van der Waals surface area contributed by atoms with Crippen LogP contribution in [-0.2, 0) is 11.2 Å². The Labute approximate surface area is 131 Å². The quantitative estimate of drug-likeness (QED) is 0.838. The van der Waals surface area contributed by atoms with E-state index in [4.69, 9.17) is 0 Å². The molecule has 3 heteroatoms. The summed E-state index contributed by atoms with van der Waals surface area (Å²) in [5, 5.41) is 2.88. The molecule has 1 amide bonds. The molecule has 0 atom stereocenters. The highest BCUT2D eigenvalue weighted by atomic mass is 32.2. The van der Waals surface area contributed by atoms with Gasteiger partial charge in [-0.25, -0.2) is 0 Å². The van der Waals surface area contributed by atoms with Crippen molar-refractivity contribution in [2.24, 2.45) is 0 Å². The molecule has 0 heterocycles. The summed E-state index contributed by atoms with van der Waals surface area (Å²) in [4.78, 5) is 12.5. The number of aryl methyl sites for hydroxylation is 2. The number of rotatable bonds is 4.